The van der Waals surface area contributed by atoms with Crippen LogP contribution in [-0.2, 0) is 9.53 Å². The van der Waals surface area contributed by atoms with Crippen molar-refractivity contribution >= 4 is 5.91 Å². The lowest BCUT2D eigenvalue weighted by molar-refractivity contribution is -0.175. The van der Waals surface area contributed by atoms with Crippen LogP contribution in [0.15, 0.2) is 0 Å². The Labute approximate surface area is 127 Å². The molecule has 1 saturated heterocycles. The van der Waals surface area contributed by atoms with Crippen molar-refractivity contribution in [2.24, 2.45) is 34.8 Å². The van der Waals surface area contributed by atoms with E-state index in [1.807, 2.05) is 0 Å². The van der Waals surface area contributed by atoms with Crippen LogP contribution in [0.4, 0.5) is 0 Å². The third kappa shape index (κ3) is 1.72. The van der Waals surface area contributed by atoms with Gasteiger partial charge in [0.1, 0.15) is 5.54 Å². The van der Waals surface area contributed by atoms with E-state index >= 15 is 0 Å². The highest BCUT2D eigenvalue weighted by atomic mass is 16.5. The van der Waals surface area contributed by atoms with E-state index in [0.717, 1.165) is 31.4 Å². The lowest BCUT2D eigenvalue weighted by Gasteiger charge is -2.60. The van der Waals surface area contributed by atoms with Gasteiger partial charge < -0.3 is 15.8 Å². The van der Waals surface area contributed by atoms with E-state index in [4.69, 9.17) is 10.5 Å². The third-order valence-electron chi connectivity index (χ3n) is 7.24. The summed E-state index contributed by atoms with van der Waals surface area (Å²) in [6, 6.07) is 0. The minimum Gasteiger partial charge on any atom is -0.377 e. The molecule has 6 unspecified atom stereocenters. The predicted molar refractivity (Wildman–Crippen MR) is 80.5 cm³/mol. The predicted octanol–water partition coefficient (Wildman–Crippen LogP) is 1.68. The topological polar surface area (TPSA) is 64.3 Å². The number of nitrogens with two attached hydrogens (primary N) is 1. The molecular formula is C17H28N2O2. The molecule has 0 aromatic carbocycles. The molecule has 3 saturated carbocycles. The van der Waals surface area contributed by atoms with E-state index in [-0.39, 0.29) is 23.3 Å². The average molecular weight is 292 g/mol. The van der Waals surface area contributed by atoms with E-state index in [2.05, 4.69) is 19.2 Å². The first-order valence-electron chi connectivity index (χ1n) is 8.63. The second-order valence-electron chi connectivity index (χ2n) is 8.42. The first-order chi connectivity index (χ1) is 9.94. The van der Waals surface area contributed by atoms with Crippen molar-refractivity contribution < 1.29 is 9.53 Å². The van der Waals surface area contributed by atoms with E-state index in [9.17, 15) is 4.79 Å². The number of nitrogens with one attached hydrogen (secondary N) is 1. The fraction of sp³-hybridized carbons (Fsp3) is 0.941. The number of rotatable bonds is 3. The molecule has 2 bridgehead atoms. The van der Waals surface area contributed by atoms with Crippen LogP contribution < -0.4 is 11.1 Å². The Morgan fingerprint density at radius 2 is 2.10 bits per heavy atom. The fourth-order valence-corrected chi connectivity index (χ4v) is 5.84. The first kappa shape index (κ1) is 14.0. The summed E-state index contributed by atoms with van der Waals surface area (Å²) in [6.07, 6.45) is 6.55. The molecule has 118 valence electrons. The number of amides is 1. The zero-order valence-corrected chi connectivity index (χ0v) is 13.2. The molecule has 0 aromatic rings. The largest absolute Gasteiger partial charge is 0.377 e. The van der Waals surface area contributed by atoms with Gasteiger partial charge in [0.05, 0.1) is 6.10 Å². The Morgan fingerprint density at radius 1 is 1.29 bits per heavy atom. The van der Waals surface area contributed by atoms with Gasteiger partial charge in [-0.2, -0.15) is 0 Å². The van der Waals surface area contributed by atoms with Crippen LogP contribution in [0.5, 0.6) is 0 Å². The standard InChI is InChI=1S/C17H28N2O2/c1-16(2)14-13(5-6-21-14)17(16,18)15(20)19-9-12-8-10-3-4-11(12)7-10/h10-14H,3-9,18H2,1-2H3,(H,19,20). The molecule has 4 heteroatoms. The van der Waals surface area contributed by atoms with Crippen LogP contribution in [0, 0.1) is 29.1 Å². The fourth-order valence-electron chi connectivity index (χ4n) is 5.84. The van der Waals surface area contributed by atoms with E-state index in [1.165, 1.54) is 25.7 Å². The molecule has 1 heterocycles. The van der Waals surface area contributed by atoms with Crippen LogP contribution in [-0.4, -0.2) is 30.7 Å². The highest BCUT2D eigenvalue weighted by Crippen LogP contribution is 2.58. The van der Waals surface area contributed by atoms with Gasteiger partial charge in [0, 0.05) is 24.5 Å². The summed E-state index contributed by atoms with van der Waals surface area (Å²) in [5.74, 6) is 2.72. The number of carbonyl (C=O) groups is 1. The maximum Gasteiger partial charge on any atom is 0.241 e. The Balaban J connectivity index is 1.40. The Morgan fingerprint density at radius 3 is 2.76 bits per heavy atom. The van der Waals surface area contributed by atoms with Gasteiger partial charge in [-0.3, -0.25) is 4.79 Å². The number of fused-ring (bicyclic) bond motifs is 3. The van der Waals surface area contributed by atoms with Crippen LogP contribution in [0.1, 0.15) is 46.0 Å². The minimum absolute atomic E-state index is 0.0574. The van der Waals surface area contributed by atoms with E-state index < -0.39 is 5.54 Å². The summed E-state index contributed by atoms with van der Waals surface area (Å²) < 4.78 is 5.77. The lowest BCUT2D eigenvalue weighted by Crippen LogP contribution is -2.80. The SMILES string of the molecule is CC1(C)C2OCCC2C1(N)C(=O)NCC1CC2CCC1C2. The zero-order chi connectivity index (χ0) is 14.8. The summed E-state index contributed by atoms with van der Waals surface area (Å²) in [6.45, 7) is 5.73. The average Bonchev–Trinajstić information content (AvgIpc) is 3.17. The third-order valence-corrected chi connectivity index (χ3v) is 7.24. The summed E-state index contributed by atoms with van der Waals surface area (Å²) in [7, 11) is 0. The van der Waals surface area contributed by atoms with Crippen molar-refractivity contribution in [3.8, 4) is 0 Å². The van der Waals surface area contributed by atoms with Crippen molar-refractivity contribution in [1.82, 2.24) is 5.32 Å². The number of hydrogen-bond acceptors (Lipinski definition) is 3. The van der Waals surface area contributed by atoms with Crippen LogP contribution in [0.25, 0.3) is 0 Å². The number of ether oxygens (including phenoxy) is 1. The van der Waals surface area contributed by atoms with Crippen LogP contribution in [0.3, 0.4) is 0 Å². The normalized spacial score (nSPS) is 49.8. The molecule has 6 atom stereocenters. The van der Waals surface area contributed by atoms with Crippen LogP contribution >= 0.6 is 0 Å². The zero-order valence-electron chi connectivity index (χ0n) is 13.2. The molecular weight excluding hydrogens is 264 g/mol. The van der Waals surface area contributed by atoms with Gasteiger partial charge in [-0.15, -0.1) is 0 Å². The lowest BCUT2D eigenvalue weighted by atomic mass is 9.48. The second kappa shape index (κ2) is 4.45. The Kier molecular flexibility index (Phi) is 2.97. The molecule has 4 nitrogen and oxygen atoms in total. The minimum atomic E-state index is -0.744. The molecule has 1 aliphatic heterocycles. The maximum absolute atomic E-state index is 12.8. The summed E-state index contributed by atoms with van der Waals surface area (Å²) >= 11 is 0. The van der Waals surface area contributed by atoms with Crippen molar-refractivity contribution in [3.05, 3.63) is 0 Å². The summed E-state index contributed by atoms with van der Waals surface area (Å²) in [4.78, 5) is 12.8. The molecule has 4 rings (SSSR count). The monoisotopic (exact) mass is 292 g/mol. The van der Waals surface area contributed by atoms with Gasteiger partial charge in [0.2, 0.25) is 5.91 Å². The van der Waals surface area contributed by atoms with Crippen LogP contribution in [0.2, 0.25) is 0 Å². The number of carbonyl (C=O) groups excluding carboxylic acids is 1. The van der Waals surface area contributed by atoms with Gasteiger partial charge >= 0.3 is 0 Å². The molecule has 21 heavy (non-hydrogen) atoms. The van der Waals surface area contributed by atoms with Gasteiger partial charge in [-0.05, 0) is 43.4 Å². The quantitative estimate of drug-likeness (QED) is 0.832. The van der Waals surface area contributed by atoms with E-state index in [0.29, 0.717) is 5.92 Å². The van der Waals surface area contributed by atoms with Gasteiger partial charge in [-0.25, -0.2) is 0 Å². The second-order valence-corrected chi connectivity index (χ2v) is 8.42. The summed E-state index contributed by atoms with van der Waals surface area (Å²) in [5, 5.41) is 3.20. The molecule has 3 N–H and O–H groups in total. The van der Waals surface area contributed by atoms with Crippen molar-refractivity contribution in [3.63, 3.8) is 0 Å². The van der Waals surface area contributed by atoms with Crippen molar-refractivity contribution in [2.45, 2.75) is 57.6 Å². The Hall–Kier alpha value is -0.610. The number of hydrogen-bond donors (Lipinski definition) is 2. The smallest absolute Gasteiger partial charge is 0.241 e. The molecule has 4 aliphatic rings. The van der Waals surface area contributed by atoms with Crippen molar-refractivity contribution in [1.29, 1.82) is 0 Å². The molecule has 4 fully saturated rings. The molecule has 0 radical (unpaired) electrons. The highest BCUT2D eigenvalue weighted by Gasteiger charge is 2.71. The maximum atomic E-state index is 12.8. The summed E-state index contributed by atoms with van der Waals surface area (Å²) in [5.41, 5.74) is 5.58. The molecule has 0 aromatic heterocycles. The highest BCUT2D eigenvalue weighted by molar-refractivity contribution is 5.89. The van der Waals surface area contributed by atoms with Gasteiger partial charge in [0.15, 0.2) is 0 Å². The van der Waals surface area contributed by atoms with E-state index in [1.54, 1.807) is 0 Å². The Bertz CT molecular complexity index is 464. The molecule has 3 aliphatic carbocycles. The van der Waals surface area contributed by atoms with Gasteiger partial charge in [0.25, 0.3) is 0 Å². The molecule has 0 spiro atoms. The molecule has 1 amide bonds. The van der Waals surface area contributed by atoms with Gasteiger partial charge in [-0.1, -0.05) is 20.3 Å². The first-order valence-corrected chi connectivity index (χ1v) is 8.63. The van der Waals surface area contributed by atoms with Crippen molar-refractivity contribution in [2.75, 3.05) is 13.2 Å².